The van der Waals surface area contributed by atoms with Crippen molar-refractivity contribution in [2.75, 3.05) is 13.7 Å². The molecule has 160 valence electrons. The van der Waals surface area contributed by atoms with Crippen molar-refractivity contribution >= 4 is 24.1 Å². The first-order valence-corrected chi connectivity index (χ1v) is 9.89. The molecule has 31 heavy (non-hydrogen) atoms. The lowest BCUT2D eigenvalue weighted by Crippen LogP contribution is -2.27. The number of hydrogen-bond acceptors (Lipinski definition) is 5. The Labute approximate surface area is 185 Å². The fourth-order valence-corrected chi connectivity index (χ4v) is 3.84. The maximum Gasteiger partial charge on any atom is 0.290 e. The number of ether oxygens (including phenoxy) is 2. The molecule has 7 heteroatoms. The first kappa shape index (κ1) is 22.2. The van der Waals surface area contributed by atoms with Gasteiger partial charge in [0.15, 0.2) is 5.54 Å². The molecule has 0 bridgehead atoms. The zero-order valence-electron chi connectivity index (χ0n) is 17.2. The van der Waals surface area contributed by atoms with E-state index in [2.05, 4.69) is 24.3 Å². The van der Waals surface area contributed by atoms with Crippen LogP contribution < -0.4 is 10.5 Å². The number of aryl methyl sites for hydroxylation is 1. The molecule has 3 N–H and O–H groups in total. The standard InChI is InChI=1S/C23H21ClN2O2.CH2O2/c1-15-11-19(9-10-21(15)27-2)23(14-28-22(25)26-23)18-7-3-5-16(12-18)17-6-4-8-20(24)13-17;2-1-3/h3-13H,14H2,1-2H3,(H2,25,26);1H,(H,2,3). The molecule has 0 aromatic heterocycles. The number of methoxy groups -OCH3 is 1. The number of halogens is 1. The largest absolute Gasteiger partial charge is 0.496 e. The molecule has 0 fully saturated rings. The Balaban J connectivity index is 0.000000858. The second kappa shape index (κ2) is 9.53. The van der Waals surface area contributed by atoms with E-state index in [0.29, 0.717) is 11.6 Å². The van der Waals surface area contributed by atoms with E-state index >= 15 is 0 Å². The number of hydrogen-bond donors (Lipinski definition) is 2. The molecular formula is C24H23ClN2O4. The number of aliphatic imine (C=N–C) groups is 1. The minimum atomic E-state index is -0.699. The number of benzene rings is 3. The highest BCUT2D eigenvalue weighted by molar-refractivity contribution is 6.30. The Morgan fingerprint density at radius 1 is 1.10 bits per heavy atom. The van der Waals surface area contributed by atoms with Crippen LogP contribution in [-0.4, -0.2) is 31.3 Å². The minimum absolute atomic E-state index is 0.196. The molecule has 1 aliphatic rings. The Morgan fingerprint density at radius 3 is 2.32 bits per heavy atom. The van der Waals surface area contributed by atoms with E-state index in [0.717, 1.165) is 33.6 Å². The van der Waals surface area contributed by atoms with Gasteiger partial charge in [0.25, 0.3) is 12.5 Å². The topological polar surface area (TPSA) is 94.1 Å². The number of rotatable bonds is 4. The van der Waals surface area contributed by atoms with Gasteiger partial charge in [-0.3, -0.25) is 4.79 Å². The van der Waals surface area contributed by atoms with Gasteiger partial charge < -0.3 is 20.3 Å². The summed E-state index contributed by atoms with van der Waals surface area (Å²) in [7, 11) is 1.67. The summed E-state index contributed by atoms with van der Waals surface area (Å²) in [4.78, 5) is 13.1. The van der Waals surface area contributed by atoms with E-state index < -0.39 is 5.54 Å². The summed E-state index contributed by atoms with van der Waals surface area (Å²) in [5.74, 6) is 0.836. The van der Waals surface area contributed by atoms with Crippen LogP contribution >= 0.6 is 11.6 Å². The summed E-state index contributed by atoms with van der Waals surface area (Å²) >= 11 is 6.18. The van der Waals surface area contributed by atoms with Crippen molar-refractivity contribution in [3.63, 3.8) is 0 Å². The molecule has 0 spiro atoms. The van der Waals surface area contributed by atoms with Crippen LogP contribution in [-0.2, 0) is 15.1 Å². The van der Waals surface area contributed by atoms with E-state index in [1.165, 1.54) is 0 Å². The molecular weight excluding hydrogens is 416 g/mol. The molecule has 4 rings (SSSR count). The average Bonchev–Trinajstić information content (AvgIpc) is 3.17. The zero-order valence-corrected chi connectivity index (χ0v) is 18.0. The monoisotopic (exact) mass is 438 g/mol. The molecule has 0 aliphatic carbocycles. The highest BCUT2D eigenvalue weighted by atomic mass is 35.5. The van der Waals surface area contributed by atoms with E-state index in [1.54, 1.807) is 7.11 Å². The van der Waals surface area contributed by atoms with Gasteiger partial charge in [0.05, 0.1) is 7.11 Å². The van der Waals surface area contributed by atoms with Crippen molar-refractivity contribution in [2.45, 2.75) is 12.5 Å². The fourth-order valence-electron chi connectivity index (χ4n) is 3.65. The summed E-state index contributed by atoms with van der Waals surface area (Å²) in [6.45, 7) is 2.12. The quantitative estimate of drug-likeness (QED) is 0.580. The van der Waals surface area contributed by atoms with Crippen LogP contribution in [0.5, 0.6) is 5.75 Å². The lowest BCUT2D eigenvalue weighted by molar-refractivity contribution is -0.122. The van der Waals surface area contributed by atoms with E-state index in [1.807, 2.05) is 49.4 Å². The molecule has 0 radical (unpaired) electrons. The highest BCUT2D eigenvalue weighted by Crippen LogP contribution is 2.40. The summed E-state index contributed by atoms with van der Waals surface area (Å²) < 4.78 is 11.0. The number of nitrogens with zero attached hydrogens (tertiary/aromatic N) is 1. The van der Waals surface area contributed by atoms with Crippen molar-refractivity contribution in [3.8, 4) is 16.9 Å². The minimum Gasteiger partial charge on any atom is -0.496 e. The molecule has 1 heterocycles. The number of nitrogens with two attached hydrogens (primary N) is 1. The molecule has 1 aliphatic heterocycles. The average molecular weight is 439 g/mol. The normalized spacial score (nSPS) is 17.1. The molecule has 1 atom stereocenters. The lowest BCUT2D eigenvalue weighted by Gasteiger charge is -2.26. The zero-order chi connectivity index (χ0) is 22.4. The predicted molar refractivity (Wildman–Crippen MR) is 122 cm³/mol. The molecule has 1 unspecified atom stereocenters. The van der Waals surface area contributed by atoms with E-state index in [-0.39, 0.29) is 12.5 Å². The van der Waals surface area contributed by atoms with Crippen LogP contribution in [0.3, 0.4) is 0 Å². The van der Waals surface area contributed by atoms with Gasteiger partial charge in [-0.25, -0.2) is 4.99 Å². The summed E-state index contributed by atoms with van der Waals surface area (Å²) in [6.07, 6.45) is 0. The molecule has 0 saturated heterocycles. The molecule has 6 nitrogen and oxygen atoms in total. The van der Waals surface area contributed by atoms with Crippen molar-refractivity contribution in [1.29, 1.82) is 0 Å². The van der Waals surface area contributed by atoms with Crippen molar-refractivity contribution in [1.82, 2.24) is 0 Å². The van der Waals surface area contributed by atoms with Crippen LogP contribution in [0.25, 0.3) is 11.1 Å². The number of carbonyl (C=O) groups is 1. The third-order valence-corrected chi connectivity index (χ3v) is 5.34. The van der Waals surface area contributed by atoms with Gasteiger partial charge in [0, 0.05) is 5.02 Å². The highest BCUT2D eigenvalue weighted by Gasteiger charge is 2.40. The first-order chi connectivity index (χ1) is 14.9. The van der Waals surface area contributed by atoms with Crippen LogP contribution in [0.2, 0.25) is 5.02 Å². The molecule has 0 saturated carbocycles. The second-order valence-corrected chi connectivity index (χ2v) is 7.42. The predicted octanol–water partition coefficient (Wildman–Crippen LogP) is 4.61. The number of amidine groups is 1. The summed E-state index contributed by atoms with van der Waals surface area (Å²) in [5, 5.41) is 7.59. The maximum absolute atomic E-state index is 8.36. The van der Waals surface area contributed by atoms with Crippen LogP contribution in [0.1, 0.15) is 16.7 Å². The van der Waals surface area contributed by atoms with Crippen LogP contribution in [0.4, 0.5) is 0 Å². The van der Waals surface area contributed by atoms with Crippen LogP contribution in [0, 0.1) is 6.92 Å². The Kier molecular flexibility index (Phi) is 6.82. The molecule has 0 amide bonds. The first-order valence-electron chi connectivity index (χ1n) is 9.51. The smallest absolute Gasteiger partial charge is 0.290 e. The third-order valence-electron chi connectivity index (χ3n) is 5.10. The van der Waals surface area contributed by atoms with E-state index in [4.69, 9.17) is 41.7 Å². The van der Waals surface area contributed by atoms with Gasteiger partial charge in [-0.2, -0.15) is 0 Å². The molecule has 3 aromatic rings. The van der Waals surface area contributed by atoms with Gasteiger partial charge in [-0.05, 0) is 65.1 Å². The van der Waals surface area contributed by atoms with Gasteiger partial charge in [-0.15, -0.1) is 0 Å². The van der Waals surface area contributed by atoms with Gasteiger partial charge >= 0.3 is 0 Å². The summed E-state index contributed by atoms with van der Waals surface area (Å²) in [6, 6.07) is 22.3. The third kappa shape index (κ3) is 4.64. The fraction of sp³-hybridized carbons (Fsp3) is 0.167. The number of carboxylic acid groups (broad SMARTS) is 1. The van der Waals surface area contributed by atoms with Crippen LogP contribution in [0.15, 0.2) is 71.7 Å². The van der Waals surface area contributed by atoms with Gasteiger partial charge in [0.2, 0.25) is 0 Å². The van der Waals surface area contributed by atoms with Gasteiger partial charge in [0.1, 0.15) is 12.4 Å². The lowest BCUT2D eigenvalue weighted by atomic mass is 9.82. The second-order valence-electron chi connectivity index (χ2n) is 6.98. The van der Waals surface area contributed by atoms with Gasteiger partial charge in [-0.1, -0.05) is 48.0 Å². The Morgan fingerprint density at radius 2 is 1.74 bits per heavy atom. The molecule has 3 aromatic carbocycles. The van der Waals surface area contributed by atoms with Crippen molar-refractivity contribution in [2.24, 2.45) is 10.7 Å². The maximum atomic E-state index is 8.36. The van der Waals surface area contributed by atoms with Crippen molar-refractivity contribution < 1.29 is 19.4 Å². The summed E-state index contributed by atoms with van der Waals surface area (Å²) in [5.41, 5.74) is 10.4. The SMILES string of the molecule is COc1ccc(C2(c3cccc(-c4cccc(Cl)c4)c3)COC(N)=N2)cc1C.O=CO. The Hall–Kier alpha value is -3.51. The Bertz CT molecular complexity index is 1120. The van der Waals surface area contributed by atoms with Crippen molar-refractivity contribution in [3.05, 3.63) is 88.4 Å². The van der Waals surface area contributed by atoms with E-state index in [9.17, 15) is 0 Å².